The van der Waals surface area contributed by atoms with Crippen molar-refractivity contribution in [3.05, 3.63) is 53.1 Å². The molecule has 0 radical (unpaired) electrons. The normalized spacial score (nSPS) is 10.4. The number of nitrogens with one attached hydrogen (secondary N) is 1. The number of hydrogen-bond donors (Lipinski definition) is 1. The molecule has 0 fully saturated rings. The molecule has 19 heavy (non-hydrogen) atoms. The Kier molecular flexibility index (Phi) is 3.79. The van der Waals surface area contributed by atoms with Crippen LogP contribution in [-0.4, -0.2) is 14.1 Å². The second kappa shape index (κ2) is 5.35. The topological polar surface area (TPSA) is 15.3 Å². The predicted octanol–water partition coefficient (Wildman–Crippen LogP) is 4.42. The van der Waals surface area contributed by atoms with Gasteiger partial charge in [0.25, 0.3) is 0 Å². The number of benzene rings is 2. The molecular formula is C17H22N2. The minimum atomic E-state index is 1.13. The summed E-state index contributed by atoms with van der Waals surface area (Å²) in [5.74, 6) is 0. The SMILES string of the molecule is CNc1ccc(N(C)c2cc(C)c(C)cc2C)cc1. The van der Waals surface area contributed by atoms with Crippen LogP contribution in [0.2, 0.25) is 0 Å². The van der Waals surface area contributed by atoms with Crippen LogP contribution < -0.4 is 10.2 Å². The smallest absolute Gasteiger partial charge is 0.0440 e. The Hall–Kier alpha value is -1.96. The Bertz CT molecular complexity index is 571. The van der Waals surface area contributed by atoms with E-state index in [2.05, 4.69) is 74.4 Å². The third-order valence-electron chi connectivity index (χ3n) is 3.72. The van der Waals surface area contributed by atoms with E-state index in [1.807, 2.05) is 7.05 Å². The zero-order valence-electron chi connectivity index (χ0n) is 12.4. The van der Waals surface area contributed by atoms with Crippen LogP contribution in [0.3, 0.4) is 0 Å². The second-order valence-electron chi connectivity index (χ2n) is 5.08. The Morgan fingerprint density at radius 3 is 2.00 bits per heavy atom. The second-order valence-corrected chi connectivity index (χ2v) is 5.08. The van der Waals surface area contributed by atoms with Crippen molar-refractivity contribution in [2.75, 3.05) is 24.3 Å². The number of nitrogens with zero attached hydrogens (tertiary/aromatic N) is 1. The van der Waals surface area contributed by atoms with Crippen LogP contribution in [-0.2, 0) is 0 Å². The highest BCUT2D eigenvalue weighted by Crippen LogP contribution is 2.29. The maximum atomic E-state index is 3.14. The maximum absolute atomic E-state index is 3.14. The molecule has 2 aromatic rings. The van der Waals surface area contributed by atoms with Crippen LogP contribution in [0.1, 0.15) is 16.7 Å². The first kappa shape index (κ1) is 13.5. The Balaban J connectivity index is 2.37. The van der Waals surface area contributed by atoms with Gasteiger partial charge in [0.1, 0.15) is 0 Å². The van der Waals surface area contributed by atoms with Crippen molar-refractivity contribution in [1.29, 1.82) is 0 Å². The molecule has 100 valence electrons. The number of aryl methyl sites for hydroxylation is 3. The van der Waals surface area contributed by atoms with Gasteiger partial charge in [0.2, 0.25) is 0 Å². The summed E-state index contributed by atoms with van der Waals surface area (Å²) in [4.78, 5) is 2.24. The first-order valence-corrected chi connectivity index (χ1v) is 6.62. The molecule has 2 rings (SSSR count). The van der Waals surface area contributed by atoms with Gasteiger partial charge in [-0.25, -0.2) is 0 Å². The van der Waals surface area contributed by atoms with E-state index in [-0.39, 0.29) is 0 Å². The van der Waals surface area contributed by atoms with E-state index >= 15 is 0 Å². The average molecular weight is 254 g/mol. The summed E-state index contributed by atoms with van der Waals surface area (Å²) in [6, 6.07) is 13.0. The molecule has 0 amide bonds. The highest BCUT2D eigenvalue weighted by atomic mass is 15.1. The Morgan fingerprint density at radius 1 is 0.842 bits per heavy atom. The van der Waals surface area contributed by atoms with Gasteiger partial charge in [0.05, 0.1) is 0 Å². The standard InChI is InChI=1S/C17H22N2/c1-12-10-14(3)17(11-13(12)2)19(5)16-8-6-15(18-4)7-9-16/h6-11,18H,1-5H3. The zero-order valence-corrected chi connectivity index (χ0v) is 12.4. The van der Waals surface area contributed by atoms with Crippen molar-refractivity contribution in [1.82, 2.24) is 0 Å². The molecule has 0 aliphatic rings. The molecule has 2 aromatic carbocycles. The lowest BCUT2D eigenvalue weighted by atomic mass is 10.0. The molecule has 0 aliphatic carbocycles. The van der Waals surface area contributed by atoms with E-state index in [1.165, 1.54) is 28.1 Å². The monoisotopic (exact) mass is 254 g/mol. The van der Waals surface area contributed by atoms with Crippen LogP contribution in [0.4, 0.5) is 17.1 Å². The summed E-state index contributed by atoms with van der Waals surface area (Å²) in [5.41, 5.74) is 7.59. The molecule has 0 heterocycles. The quantitative estimate of drug-likeness (QED) is 0.872. The van der Waals surface area contributed by atoms with Gasteiger partial charge in [-0.15, -0.1) is 0 Å². The van der Waals surface area contributed by atoms with Crippen molar-refractivity contribution >= 4 is 17.1 Å². The van der Waals surface area contributed by atoms with Crippen LogP contribution >= 0.6 is 0 Å². The summed E-state index contributed by atoms with van der Waals surface area (Å²) in [5, 5.41) is 3.14. The third-order valence-corrected chi connectivity index (χ3v) is 3.72. The van der Waals surface area contributed by atoms with Crippen molar-refractivity contribution in [2.24, 2.45) is 0 Å². The fraction of sp³-hybridized carbons (Fsp3) is 0.294. The van der Waals surface area contributed by atoms with Gasteiger partial charge >= 0.3 is 0 Å². The van der Waals surface area contributed by atoms with Gasteiger partial charge in [0.15, 0.2) is 0 Å². The number of rotatable bonds is 3. The number of hydrogen-bond acceptors (Lipinski definition) is 2. The maximum Gasteiger partial charge on any atom is 0.0440 e. The van der Waals surface area contributed by atoms with Gasteiger partial charge in [0, 0.05) is 31.2 Å². The van der Waals surface area contributed by atoms with Gasteiger partial charge in [-0.1, -0.05) is 6.07 Å². The third kappa shape index (κ3) is 2.73. The molecule has 0 atom stereocenters. The summed E-state index contributed by atoms with van der Waals surface area (Å²) < 4.78 is 0. The molecule has 2 heteroatoms. The number of anilines is 3. The highest BCUT2D eigenvalue weighted by Gasteiger charge is 2.08. The summed E-state index contributed by atoms with van der Waals surface area (Å²) >= 11 is 0. The van der Waals surface area contributed by atoms with E-state index in [1.54, 1.807) is 0 Å². The fourth-order valence-corrected chi connectivity index (χ4v) is 2.30. The van der Waals surface area contributed by atoms with E-state index in [0.717, 1.165) is 5.69 Å². The lowest BCUT2D eigenvalue weighted by Crippen LogP contribution is -2.11. The Labute approximate surface area is 116 Å². The van der Waals surface area contributed by atoms with Gasteiger partial charge < -0.3 is 10.2 Å². The van der Waals surface area contributed by atoms with Crippen molar-refractivity contribution in [2.45, 2.75) is 20.8 Å². The van der Waals surface area contributed by atoms with Crippen LogP contribution in [0, 0.1) is 20.8 Å². The van der Waals surface area contributed by atoms with E-state index in [4.69, 9.17) is 0 Å². The molecular weight excluding hydrogens is 232 g/mol. The van der Waals surface area contributed by atoms with Crippen LogP contribution in [0.25, 0.3) is 0 Å². The Morgan fingerprint density at radius 2 is 1.42 bits per heavy atom. The molecule has 1 N–H and O–H groups in total. The molecule has 0 aromatic heterocycles. The average Bonchev–Trinajstić information content (AvgIpc) is 2.42. The molecule has 2 nitrogen and oxygen atoms in total. The predicted molar refractivity (Wildman–Crippen MR) is 84.7 cm³/mol. The molecule has 0 aliphatic heterocycles. The van der Waals surface area contributed by atoms with Crippen LogP contribution in [0.5, 0.6) is 0 Å². The molecule has 0 saturated carbocycles. The molecule has 0 unspecified atom stereocenters. The van der Waals surface area contributed by atoms with Gasteiger partial charge in [-0.2, -0.15) is 0 Å². The lowest BCUT2D eigenvalue weighted by Gasteiger charge is -2.23. The van der Waals surface area contributed by atoms with Crippen molar-refractivity contribution < 1.29 is 0 Å². The summed E-state index contributed by atoms with van der Waals surface area (Å²) in [7, 11) is 4.05. The largest absolute Gasteiger partial charge is 0.388 e. The minimum Gasteiger partial charge on any atom is -0.388 e. The van der Waals surface area contributed by atoms with Crippen molar-refractivity contribution in [3.8, 4) is 0 Å². The van der Waals surface area contributed by atoms with Gasteiger partial charge in [-0.3, -0.25) is 0 Å². The fourth-order valence-electron chi connectivity index (χ4n) is 2.30. The summed E-state index contributed by atoms with van der Waals surface area (Å²) in [6.07, 6.45) is 0. The highest BCUT2D eigenvalue weighted by molar-refractivity contribution is 5.68. The molecule has 0 spiro atoms. The first-order valence-electron chi connectivity index (χ1n) is 6.62. The van der Waals surface area contributed by atoms with Crippen LogP contribution in [0.15, 0.2) is 36.4 Å². The zero-order chi connectivity index (χ0) is 14.0. The molecule has 0 saturated heterocycles. The van der Waals surface area contributed by atoms with Gasteiger partial charge in [-0.05, 0) is 67.8 Å². The first-order chi connectivity index (χ1) is 9.02. The molecule has 0 bridgehead atoms. The van der Waals surface area contributed by atoms with E-state index < -0.39 is 0 Å². The minimum absolute atomic E-state index is 1.13. The summed E-state index contributed by atoms with van der Waals surface area (Å²) in [6.45, 7) is 6.49. The van der Waals surface area contributed by atoms with E-state index in [0.29, 0.717) is 0 Å². The lowest BCUT2D eigenvalue weighted by molar-refractivity contribution is 1.16. The van der Waals surface area contributed by atoms with E-state index in [9.17, 15) is 0 Å². The van der Waals surface area contributed by atoms with Crippen molar-refractivity contribution in [3.63, 3.8) is 0 Å².